The van der Waals surface area contributed by atoms with Crippen LogP contribution in [0.4, 0.5) is 0 Å². The van der Waals surface area contributed by atoms with E-state index >= 15 is 0 Å². The van der Waals surface area contributed by atoms with Crippen LogP contribution in [0, 0.1) is 0 Å². The largest absolute Gasteiger partial charge is 0.497 e. The molecule has 5 nitrogen and oxygen atoms in total. The molecule has 1 N–H and O–H groups in total. The fraction of sp³-hybridized carbons (Fsp3) is 0.176. The number of imidazole rings is 1. The van der Waals surface area contributed by atoms with Crippen LogP contribution in [0.3, 0.4) is 0 Å². The normalized spacial score (nSPS) is 10.8. The van der Waals surface area contributed by atoms with Crippen molar-refractivity contribution in [3.8, 4) is 17.1 Å². The summed E-state index contributed by atoms with van der Waals surface area (Å²) in [5, 5.41) is 8.89. The first kappa shape index (κ1) is 14.1. The van der Waals surface area contributed by atoms with E-state index in [0.29, 0.717) is 6.42 Å². The number of hydrogen-bond donors (Lipinski definition) is 1. The second-order valence-corrected chi connectivity index (χ2v) is 4.96. The average molecular weight is 296 g/mol. The molecule has 0 aliphatic carbocycles. The molecular weight excluding hydrogens is 280 g/mol. The highest BCUT2D eigenvalue weighted by Gasteiger charge is 2.13. The number of nitrogens with zero attached hydrogens (tertiary/aromatic N) is 2. The molecule has 0 aliphatic rings. The number of aryl methyl sites for hydroxylation is 1. The van der Waals surface area contributed by atoms with Gasteiger partial charge in [0.15, 0.2) is 0 Å². The number of carboxylic acids is 1. The lowest BCUT2D eigenvalue weighted by Gasteiger charge is -2.03. The molecule has 2 heterocycles. The number of benzene rings is 1. The van der Waals surface area contributed by atoms with Crippen molar-refractivity contribution in [2.24, 2.45) is 0 Å². The van der Waals surface area contributed by atoms with Gasteiger partial charge in [-0.05, 0) is 24.3 Å². The lowest BCUT2D eigenvalue weighted by molar-refractivity contribution is -0.136. The first-order valence-corrected chi connectivity index (χ1v) is 7.01. The lowest BCUT2D eigenvalue weighted by atomic mass is 10.2. The van der Waals surface area contributed by atoms with Crippen LogP contribution < -0.4 is 4.74 Å². The summed E-state index contributed by atoms with van der Waals surface area (Å²) in [5.74, 6) is 0.729. The summed E-state index contributed by atoms with van der Waals surface area (Å²) in [5.41, 5.74) is 2.66. The molecular formula is C17H16N2O3. The van der Waals surface area contributed by atoms with E-state index in [2.05, 4.69) is 4.98 Å². The highest BCUT2D eigenvalue weighted by atomic mass is 16.5. The molecule has 0 fully saturated rings. The summed E-state index contributed by atoms with van der Waals surface area (Å²) in [6.45, 7) is 0. The maximum Gasteiger partial charge on any atom is 0.303 e. The van der Waals surface area contributed by atoms with E-state index in [1.807, 2.05) is 53.1 Å². The van der Waals surface area contributed by atoms with Crippen LogP contribution in [0.25, 0.3) is 16.9 Å². The second-order valence-electron chi connectivity index (χ2n) is 4.96. The van der Waals surface area contributed by atoms with Gasteiger partial charge < -0.3 is 9.84 Å². The Morgan fingerprint density at radius 3 is 2.91 bits per heavy atom. The number of methoxy groups -OCH3 is 1. The van der Waals surface area contributed by atoms with Gasteiger partial charge in [0.1, 0.15) is 11.6 Å². The Labute approximate surface area is 127 Å². The van der Waals surface area contributed by atoms with Crippen LogP contribution in [0.15, 0.2) is 48.7 Å². The third kappa shape index (κ3) is 2.65. The number of fused-ring (bicyclic) bond motifs is 1. The van der Waals surface area contributed by atoms with Crippen molar-refractivity contribution >= 4 is 11.5 Å². The van der Waals surface area contributed by atoms with Gasteiger partial charge in [0, 0.05) is 18.2 Å². The number of aromatic nitrogens is 2. The molecule has 0 amide bonds. The lowest BCUT2D eigenvalue weighted by Crippen LogP contribution is -1.98. The number of hydrogen-bond acceptors (Lipinski definition) is 3. The van der Waals surface area contributed by atoms with Gasteiger partial charge in [-0.3, -0.25) is 9.20 Å². The highest BCUT2D eigenvalue weighted by Crippen LogP contribution is 2.26. The summed E-state index contributed by atoms with van der Waals surface area (Å²) in [7, 11) is 1.63. The molecule has 3 aromatic rings. The number of pyridine rings is 1. The molecule has 2 aromatic heterocycles. The third-order valence-electron chi connectivity index (χ3n) is 3.53. The number of carboxylic acid groups (broad SMARTS) is 1. The molecule has 22 heavy (non-hydrogen) atoms. The molecule has 0 aliphatic heterocycles. The van der Waals surface area contributed by atoms with Crippen LogP contribution in [0.1, 0.15) is 12.1 Å². The maximum absolute atomic E-state index is 10.8. The summed E-state index contributed by atoms with van der Waals surface area (Å²) < 4.78 is 7.24. The molecule has 0 spiro atoms. The van der Waals surface area contributed by atoms with Crippen LogP contribution in [0.2, 0.25) is 0 Å². The molecule has 3 rings (SSSR count). The Hall–Kier alpha value is -2.82. The minimum atomic E-state index is -0.819. The first-order valence-electron chi connectivity index (χ1n) is 7.01. The topological polar surface area (TPSA) is 63.8 Å². The fourth-order valence-corrected chi connectivity index (χ4v) is 2.48. The van der Waals surface area contributed by atoms with Gasteiger partial charge in [0.05, 0.1) is 24.7 Å². The van der Waals surface area contributed by atoms with Crippen molar-refractivity contribution in [3.05, 3.63) is 54.4 Å². The van der Waals surface area contributed by atoms with Crippen molar-refractivity contribution in [1.29, 1.82) is 0 Å². The maximum atomic E-state index is 10.8. The van der Waals surface area contributed by atoms with Crippen molar-refractivity contribution in [1.82, 2.24) is 9.38 Å². The SMILES string of the molecule is COc1cccc(-c2nc(CCC(=O)O)c3ccccn23)c1. The van der Waals surface area contributed by atoms with Crippen LogP contribution in [-0.2, 0) is 11.2 Å². The monoisotopic (exact) mass is 296 g/mol. The zero-order chi connectivity index (χ0) is 15.5. The Bertz CT molecular complexity index is 824. The molecule has 0 unspecified atom stereocenters. The van der Waals surface area contributed by atoms with Crippen LogP contribution >= 0.6 is 0 Å². The van der Waals surface area contributed by atoms with Gasteiger partial charge >= 0.3 is 5.97 Å². The van der Waals surface area contributed by atoms with E-state index in [-0.39, 0.29) is 6.42 Å². The van der Waals surface area contributed by atoms with E-state index in [0.717, 1.165) is 28.3 Å². The van der Waals surface area contributed by atoms with E-state index in [4.69, 9.17) is 9.84 Å². The van der Waals surface area contributed by atoms with Gasteiger partial charge in [0.2, 0.25) is 0 Å². The average Bonchev–Trinajstić information content (AvgIpc) is 2.92. The van der Waals surface area contributed by atoms with Crippen molar-refractivity contribution in [2.45, 2.75) is 12.8 Å². The summed E-state index contributed by atoms with van der Waals surface area (Å²) in [6, 6.07) is 13.5. The van der Waals surface area contributed by atoms with Crippen molar-refractivity contribution in [3.63, 3.8) is 0 Å². The minimum Gasteiger partial charge on any atom is -0.497 e. The van der Waals surface area contributed by atoms with E-state index in [1.165, 1.54) is 0 Å². The van der Waals surface area contributed by atoms with Crippen molar-refractivity contribution < 1.29 is 14.6 Å². The predicted molar refractivity (Wildman–Crippen MR) is 83.1 cm³/mol. The quantitative estimate of drug-likeness (QED) is 0.786. The molecule has 1 aromatic carbocycles. The Morgan fingerprint density at radius 2 is 2.14 bits per heavy atom. The number of aliphatic carboxylic acids is 1. The summed E-state index contributed by atoms with van der Waals surface area (Å²) in [6.07, 6.45) is 2.41. The molecule has 0 saturated carbocycles. The smallest absolute Gasteiger partial charge is 0.303 e. The van der Waals surface area contributed by atoms with Gasteiger partial charge in [-0.15, -0.1) is 0 Å². The van der Waals surface area contributed by atoms with Crippen molar-refractivity contribution in [2.75, 3.05) is 7.11 Å². The molecule has 5 heteroatoms. The van der Waals surface area contributed by atoms with Crippen LogP contribution in [0.5, 0.6) is 5.75 Å². The fourth-order valence-electron chi connectivity index (χ4n) is 2.48. The van der Waals surface area contributed by atoms with Gasteiger partial charge in [0.25, 0.3) is 0 Å². The third-order valence-corrected chi connectivity index (χ3v) is 3.53. The Kier molecular flexibility index (Phi) is 3.78. The number of ether oxygens (including phenoxy) is 1. The number of rotatable bonds is 5. The summed E-state index contributed by atoms with van der Waals surface area (Å²) >= 11 is 0. The standard InChI is InChI=1S/C17H16N2O3/c1-22-13-6-4-5-12(11-13)17-18-14(8-9-16(20)21)15-7-2-3-10-19(15)17/h2-7,10-11H,8-9H2,1H3,(H,20,21). The van der Waals surface area contributed by atoms with Gasteiger partial charge in [-0.2, -0.15) is 0 Å². The molecule has 0 radical (unpaired) electrons. The highest BCUT2D eigenvalue weighted by molar-refractivity contribution is 5.70. The molecule has 0 atom stereocenters. The van der Waals surface area contributed by atoms with Gasteiger partial charge in [-0.25, -0.2) is 4.98 Å². The van der Waals surface area contributed by atoms with Gasteiger partial charge in [-0.1, -0.05) is 18.2 Å². The zero-order valence-corrected chi connectivity index (χ0v) is 12.2. The number of carbonyl (C=O) groups is 1. The van der Waals surface area contributed by atoms with E-state index in [9.17, 15) is 4.79 Å². The summed E-state index contributed by atoms with van der Waals surface area (Å²) in [4.78, 5) is 15.5. The predicted octanol–water partition coefficient (Wildman–Crippen LogP) is 3.03. The van der Waals surface area contributed by atoms with E-state index < -0.39 is 5.97 Å². The zero-order valence-electron chi connectivity index (χ0n) is 12.2. The Balaban J connectivity index is 2.11. The van der Waals surface area contributed by atoms with Crippen LogP contribution in [-0.4, -0.2) is 27.6 Å². The molecule has 0 bridgehead atoms. The minimum absolute atomic E-state index is 0.0686. The van der Waals surface area contributed by atoms with E-state index in [1.54, 1.807) is 7.11 Å². The molecule has 112 valence electrons. The Morgan fingerprint density at radius 1 is 1.27 bits per heavy atom. The second kappa shape index (κ2) is 5.89. The first-order chi connectivity index (χ1) is 10.7. The molecule has 0 saturated heterocycles.